The summed E-state index contributed by atoms with van der Waals surface area (Å²) in [5, 5.41) is 11.5. The van der Waals surface area contributed by atoms with Gasteiger partial charge in [-0.2, -0.15) is 5.26 Å². The van der Waals surface area contributed by atoms with Gasteiger partial charge in [-0.25, -0.2) is 0 Å². The van der Waals surface area contributed by atoms with Gasteiger partial charge in [-0.05, 0) is 31.7 Å². The van der Waals surface area contributed by atoms with E-state index in [9.17, 15) is 9.59 Å². The van der Waals surface area contributed by atoms with Crippen LogP contribution in [0, 0.1) is 11.3 Å². The summed E-state index contributed by atoms with van der Waals surface area (Å²) in [5.74, 6) is -0.588. The second-order valence-electron chi connectivity index (χ2n) is 4.35. The number of carbonyl (C=O) groups excluding carboxylic acids is 2. The number of amides is 1. The molecule has 0 atom stereocenters. The van der Waals surface area contributed by atoms with Crippen LogP contribution in [0.25, 0.3) is 0 Å². The Morgan fingerprint density at radius 2 is 2.10 bits per heavy atom. The van der Waals surface area contributed by atoms with E-state index in [1.807, 2.05) is 13.0 Å². The molecule has 0 spiro atoms. The molecule has 0 aromatic heterocycles. The largest absolute Gasteiger partial charge is 0.465 e. The van der Waals surface area contributed by atoms with Crippen LogP contribution in [0.3, 0.4) is 0 Å². The number of nitrogens with one attached hydrogen (secondary N) is 1. The molecule has 6 nitrogen and oxygen atoms in total. The third kappa shape index (κ3) is 6.06. The first-order chi connectivity index (χ1) is 10.1. The molecule has 1 rings (SSSR count). The Morgan fingerprint density at radius 1 is 1.33 bits per heavy atom. The summed E-state index contributed by atoms with van der Waals surface area (Å²) in [6, 6.07) is 8.68. The molecular formula is C15H19N3O3. The van der Waals surface area contributed by atoms with Crippen LogP contribution in [0.5, 0.6) is 0 Å². The predicted molar refractivity (Wildman–Crippen MR) is 78.5 cm³/mol. The van der Waals surface area contributed by atoms with Crippen molar-refractivity contribution in [3.05, 3.63) is 29.8 Å². The van der Waals surface area contributed by atoms with Crippen LogP contribution in [-0.4, -0.2) is 43.0 Å². The van der Waals surface area contributed by atoms with E-state index in [1.54, 1.807) is 36.1 Å². The summed E-state index contributed by atoms with van der Waals surface area (Å²) in [6.45, 7) is 4.65. The Morgan fingerprint density at radius 3 is 2.71 bits per heavy atom. The molecule has 0 aliphatic rings. The van der Waals surface area contributed by atoms with Gasteiger partial charge in [0, 0.05) is 5.69 Å². The monoisotopic (exact) mass is 289 g/mol. The Balaban J connectivity index is 2.54. The highest BCUT2D eigenvalue weighted by Crippen LogP contribution is 2.09. The molecule has 0 aliphatic heterocycles. The summed E-state index contributed by atoms with van der Waals surface area (Å²) in [5.41, 5.74) is 1.04. The summed E-state index contributed by atoms with van der Waals surface area (Å²) in [6.07, 6.45) is 0. The first-order valence-electron chi connectivity index (χ1n) is 6.77. The zero-order chi connectivity index (χ0) is 15.7. The van der Waals surface area contributed by atoms with Crippen molar-refractivity contribution in [2.45, 2.75) is 13.8 Å². The lowest BCUT2D eigenvalue weighted by Gasteiger charge is -2.18. The predicted octanol–water partition coefficient (Wildman–Crippen LogP) is 1.38. The molecule has 0 bridgehead atoms. The zero-order valence-corrected chi connectivity index (χ0v) is 12.3. The van der Waals surface area contributed by atoms with Crippen LogP contribution in [0.15, 0.2) is 24.3 Å². The average molecular weight is 289 g/mol. The van der Waals surface area contributed by atoms with Gasteiger partial charge in [0.05, 0.1) is 31.3 Å². The highest BCUT2D eigenvalue weighted by Gasteiger charge is 2.13. The average Bonchev–Trinajstić information content (AvgIpc) is 2.46. The molecule has 0 saturated carbocycles. The van der Waals surface area contributed by atoms with Crippen molar-refractivity contribution in [3.63, 3.8) is 0 Å². The Bertz CT molecular complexity index is 537. The first-order valence-corrected chi connectivity index (χ1v) is 6.77. The zero-order valence-electron chi connectivity index (χ0n) is 12.3. The summed E-state index contributed by atoms with van der Waals surface area (Å²) in [4.78, 5) is 25.0. The maximum Gasteiger partial charge on any atom is 0.320 e. The van der Waals surface area contributed by atoms with Crippen molar-refractivity contribution in [2.75, 3.05) is 31.6 Å². The maximum absolute atomic E-state index is 11.9. The van der Waals surface area contributed by atoms with Gasteiger partial charge in [0.1, 0.15) is 0 Å². The van der Waals surface area contributed by atoms with Crippen molar-refractivity contribution in [1.29, 1.82) is 5.26 Å². The van der Waals surface area contributed by atoms with E-state index >= 15 is 0 Å². The number of carbonyl (C=O) groups is 2. The summed E-state index contributed by atoms with van der Waals surface area (Å²) in [7, 11) is 0. The van der Waals surface area contributed by atoms with Crippen LogP contribution in [0.4, 0.5) is 5.69 Å². The minimum atomic E-state index is -0.348. The van der Waals surface area contributed by atoms with E-state index in [0.717, 1.165) is 0 Å². The number of esters is 1. The molecule has 112 valence electrons. The smallest absolute Gasteiger partial charge is 0.320 e. The number of ether oxygens (including phenoxy) is 1. The lowest BCUT2D eigenvalue weighted by atomic mass is 10.2. The topological polar surface area (TPSA) is 82.4 Å². The van der Waals surface area contributed by atoms with Crippen molar-refractivity contribution in [3.8, 4) is 6.07 Å². The van der Waals surface area contributed by atoms with Gasteiger partial charge in [-0.1, -0.05) is 13.0 Å². The highest BCUT2D eigenvalue weighted by atomic mass is 16.5. The number of anilines is 1. The lowest BCUT2D eigenvalue weighted by molar-refractivity contribution is -0.144. The molecule has 6 heteroatoms. The number of nitrogens with zero attached hydrogens (tertiary/aromatic N) is 2. The second kappa shape index (κ2) is 8.72. The van der Waals surface area contributed by atoms with Crippen LogP contribution in [-0.2, 0) is 14.3 Å². The van der Waals surface area contributed by atoms with Crippen molar-refractivity contribution >= 4 is 17.6 Å². The number of hydrogen-bond acceptors (Lipinski definition) is 5. The van der Waals surface area contributed by atoms with Crippen LogP contribution < -0.4 is 5.32 Å². The number of rotatable bonds is 7. The Labute approximate surface area is 124 Å². The molecule has 0 fully saturated rings. The molecule has 0 unspecified atom stereocenters. The van der Waals surface area contributed by atoms with Crippen molar-refractivity contribution < 1.29 is 14.3 Å². The number of nitriles is 1. The fraction of sp³-hybridized carbons (Fsp3) is 0.400. The van der Waals surface area contributed by atoms with Crippen LogP contribution >= 0.6 is 0 Å². The van der Waals surface area contributed by atoms with Gasteiger partial charge < -0.3 is 10.1 Å². The first kappa shape index (κ1) is 16.7. The number of hydrogen-bond donors (Lipinski definition) is 1. The van der Waals surface area contributed by atoms with Gasteiger partial charge in [0.15, 0.2) is 0 Å². The second-order valence-corrected chi connectivity index (χ2v) is 4.35. The summed E-state index contributed by atoms with van der Waals surface area (Å²) >= 11 is 0. The van der Waals surface area contributed by atoms with Crippen LogP contribution in [0.1, 0.15) is 19.4 Å². The standard InChI is InChI=1S/C15H19N3O3/c1-3-18(11-15(20)21-4-2)10-14(19)17-13-7-5-6-12(8-13)9-16/h5-8H,3-4,10-11H2,1-2H3,(H,17,19). The Kier molecular flexibility index (Phi) is 6.92. The molecular weight excluding hydrogens is 270 g/mol. The fourth-order valence-electron chi connectivity index (χ4n) is 1.74. The van der Waals surface area contributed by atoms with Gasteiger partial charge >= 0.3 is 5.97 Å². The fourth-order valence-corrected chi connectivity index (χ4v) is 1.74. The van der Waals surface area contributed by atoms with Gasteiger partial charge in [0.2, 0.25) is 5.91 Å². The highest BCUT2D eigenvalue weighted by molar-refractivity contribution is 5.92. The quantitative estimate of drug-likeness (QED) is 0.767. The van der Waals surface area contributed by atoms with Gasteiger partial charge in [0.25, 0.3) is 0 Å². The number of benzene rings is 1. The minimum absolute atomic E-state index is 0.0794. The van der Waals surface area contributed by atoms with Crippen molar-refractivity contribution in [2.24, 2.45) is 0 Å². The molecule has 1 aromatic rings. The third-order valence-electron chi connectivity index (χ3n) is 2.75. The molecule has 1 aromatic carbocycles. The molecule has 21 heavy (non-hydrogen) atoms. The molecule has 0 saturated heterocycles. The van der Waals surface area contributed by atoms with Gasteiger partial charge in [-0.3, -0.25) is 14.5 Å². The van der Waals surface area contributed by atoms with E-state index in [4.69, 9.17) is 10.00 Å². The molecule has 0 aliphatic carbocycles. The molecule has 1 amide bonds. The SMILES string of the molecule is CCOC(=O)CN(CC)CC(=O)Nc1cccc(C#N)c1. The molecule has 0 radical (unpaired) electrons. The summed E-state index contributed by atoms with van der Waals surface area (Å²) < 4.78 is 4.86. The number of likely N-dealkylation sites (N-methyl/N-ethyl adjacent to an activating group) is 1. The molecule has 1 N–H and O–H groups in total. The minimum Gasteiger partial charge on any atom is -0.465 e. The van der Waals surface area contributed by atoms with E-state index in [0.29, 0.717) is 24.4 Å². The van der Waals surface area contributed by atoms with E-state index in [-0.39, 0.29) is 25.0 Å². The maximum atomic E-state index is 11.9. The van der Waals surface area contributed by atoms with Gasteiger partial charge in [-0.15, -0.1) is 0 Å². The lowest BCUT2D eigenvalue weighted by Crippen LogP contribution is -2.37. The van der Waals surface area contributed by atoms with Crippen molar-refractivity contribution in [1.82, 2.24) is 4.90 Å². The third-order valence-corrected chi connectivity index (χ3v) is 2.75. The van der Waals surface area contributed by atoms with E-state index < -0.39 is 0 Å². The van der Waals surface area contributed by atoms with Crippen LogP contribution in [0.2, 0.25) is 0 Å². The Hall–Kier alpha value is -2.39. The molecule has 0 heterocycles. The van der Waals surface area contributed by atoms with E-state index in [2.05, 4.69) is 5.32 Å². The van der Waals surface area contributed by atoms with E-state index in [1.165, 1.54) is 0 Å². The normalized spacial score (nSPS) is 10.0.